The summed E-state index contributed by atoms with van der Waals surface area (Å²) < 4.78 is 13.3. The van der Waals surface area contributed by atoms with Crippen molar-refractivity contribution in [1.82, 2.24) is 24.9 Å². The Hall–Kier alpha value is -3.73. The lowest BCUT2D eigenvalue weighted by molar-refractivity contribution is -0.130. The predicted octanol–water partition coefficient (Wildman–Crippen LogP) is 2.72. The average molecular weight is 582 g/mol. The molecule has 0 radical (unpaired) electrons. The Balaban J connectivity index is 1.41. The van der Waals surface area contributed by atoms with Gasteiger partial charge in [-0.25, -0.2) is 4.79 Å². The third-order valence-corrected chi connectivity index (χ3v) is 7.67. The zero-order valence-corrected chi connectivity index (χ0v) is 25.2. The molecule has 228 valence electrons. The molecule has 1 fully saturated rings. The van der Waals surface area contributed by atoms with Crippen LogP contribution in [0.15, 0.2) is 24.3 Å². The monoisotopic (exact) mass is 581 g/mol. The molecule has 11 nitrogen and oxygen atoms in total. The van der Waals surface area contributed by atoms with Gasteiger partial charge in [-0.05, 0) is 43.9 Å². The Bertz CT molecular complexity index is 1290. The third-order valence-electron chi connectivity index (χ3n) is 7.67. The number of hydrogen-bond acceptors (Lipinski definition) is 7. The minimum Gasteiger partial charge on any atom is -0.461 e. The van der Waals surface area contributed by atoms with Gasteiger partial charge in [0.25, 0.3) is 11.8 Å². The maximum absolute atomic E-state index is 13.1. The standard InChI is InChI=1S/C31H43N5O6/c1-5-25-27-26(11-7-17-41-18-8-12-32-28(27)38)36(33-25)20-31(3,4)21-42-30(40)24-10-6-9-23(19-24)29(39)35-15-13-34(14-16-35)22(2)37/h6,9-10,19H,5,7-8,11-18,20-21H2,1-4H3,(H,32,38). The summed E-state index contributed by atoms with van der Waals surface area (Å²) in [4.78, 5) is 54.2. The molecular formula is C31H43N5O6. The maximum atomic E-state index is 13.1. The normalized spacial score (nSPS) is 16.7. The molecule has 11 heteroatoms. The minimum absolute atomic E-state index is 0.000299. The molecule has 1 saturated heterocycles. The molecule has 0 unspecified atom stereocenters. The molecule has 3 heterocycles. The minimum atomic E-state index is -0.510. The highest BCUT2D eigenvalue weighted by Gasteiger charge is 2.29. The van der Waals surface area contributed by atoms with E-state index in [2.05, 4.69) is 5.32 Å². The van der Waals surface area contributed by atoms with Crippen molar-refractivity contribution >= 4 is 23.7 Å². The molecular weight excluding hydrogens is 538 g/mol. The van der Waals surface area contributed by atoms with Crippen LogP contribution in [-0.2, 0) is 33.7 Å². The molecule has 42 heavy (non-hydrogen) atoms. The first-order chi connectivity index (χ1) is 20.1. The van der Waals surface area contributed by atoms with Crippen LogP contribution in [0.5, 0.6) is 0 Å². The molecule has 3 amide bonds. The summed E-state index contributed by atoms with van der Waals surface area (Å²) in [5.74, 6) is -0.786. The van der Waals surface area contributed by atoms with Crippen LogP contribution >= 0.6 is 0 Å². The Labute approximate surface area is 247 Å². The van der Waals surface area contributed by atoms with Gasteiger partial charge in [-0.3, -0.25) is 19.1 Å². The molecule has 2 aliphatic heterocycles. The fraction of sp³-hybridized carbons (Fsp3) is 0.581. The number of fused-ring (bicyclic) bond motifs is 1. The Morgan fingerprint density at radius 2 is 1.74 bits per heavy atom. The number of hydrogen-bond donors (Lipinski definition) is 1. The van der Waals surface area contributed by atoms with Gasteiger partial charge in [0.2, 0.25) is 5.91 Å². The van der Waals surface area contributed by atoms with Crippen LogP contribution in [0.3, 0.4) is 0 Å². The van der Waals surface area contributed by atoms with E-state index < -0.39 is 11.4 Å². The van der Waals surface area contributed by atoms with Gasteiger partial charge >= 0.3 is 5.97 Å². The number of aromatic nitrogens is 2. The van der Waals surface area contributed by atoms with Crippen molar-refractivity contribution in [3.05, 3.63) is 52.3 Å². The van der Waals surface area contributed by atoms with E-state index in [0.29, 0.717) is 82.0 Å². The molecule has 0 spiro atoms. The van der Waals surface area contributed by atoms with Crippen molar-refractivity contribution in [3.8, 4) is 0 Å². The van der Waals surface area contributed by atoms with E-state index in [1.54, 1.807) is 34.1 Å². The number of esters is 1. The lowest BCUT2D eigenvalue weighted by atomic mass is 9.94. The largest absolute Gasteiger partial charge is 0.461 e. The summed E-state index contributed by atoms with van der Waals surface area (Å²) in [6.45, 7) is 11.8. The van der Waals surface area contributed by atoms with E-state index in [-0.39, 0.29) is 24.3 Å². The third kappa shape index (κ3) is 7.76. The van der Waals surface area contributed by atoms with E-state index in [4.69, 9.17) is 14.6 Å². The van der Waals surface area contributed by atoms with Crippen molar-refractivity contribution in [2.75, 3.05) is 52.5 Å². The number of carbonyl (C=O) groups excluding carboxylic acids is 4. The number of carbonyl (C=O) groups is 4. The van der Waals surface area contributed by atoms with Crippen LogP contribution in [-0.4, -0.2) is 95.8 Å². The molecule has 0 aliphatic carbocycles. The van der Waals surface area contributed by atoms with Gasteiger partial charge in [0.15, 0.2) is 0 Å². The number of nitrogens with zero attached hydrogens (tertiary/aromatic N) is 4. The van der Waals surface area contributed by atoms with E-state index in [1.807, 2.05) is 25.5 Å². The second kappa shape index (κ2) is 14.0. The van der Waals surface area contributed by atoms with Gasteiger partial charge in [-0.15, -0.1) is 0 Å². The van der Waals surface area contributed by atoms with Gasteiger partial charge in [0.1, 0.15) is 0 Å². The highest BCUT2D eigenvalue weighted by molar-refractivity contribution is 5.98. The van der Waals surface area contributed by atoms with E-state index >= 15 is 0 Å². The van der Waals surface area contributed by atoms with Gasteiger partial charge in [-0.1, -0.05) is 26.8 Å². The van der Waals surface area contributed by atoms with E-state index in [0.717, 1.165) is 24.2 Å². The van der Waals surface area contributed by atoms with Crippen LogP contribution in [0, 0.1) is 5.41 Å². The second-order valence-electron chi connectivity index (χ2n) is 11.7. The summed E-state index contributed by atoms with van der Waals surface area (Å²) >= 11 is 0. The smallest absolute Gasteiger partial charge is 0.338 e. The number of benzene rings is 1. The summed E-state index contributed by atoms with van der Waals surface area (Å²) in [7, 11) is 0. The van der Waals surface area contributed by atoms with Crippen LogP contribution in [0.25, 0.3) is 0 Å². The summed E-state index contributed by atoms with van der Waals surface area (Å²) in [6, 6.07) is 6.56. The Morgan fingerprint density at radius 3 is 2.45 bits per heavy atom. The van der Waals surface area contributed by atoms with Crippen molar-refractivity contribution in [1.29, 1.82) is 0 Å². The van der Waals surface area contributed by atoms with Crippen LogP contribution in [0.1, 0.15) is 83.0 Å². The van der Waals surface area contributed by atoms with Crippen LogP contribution in [0.2, 0.25) is 0 Å². The predicted molar refractivity (Wildman–Crippen MR) is 156 cm³/mol. The molecule has 1 aromatic carbocycles. The average Bonchev–Trinajstić information content (AvgIpc) is 3.31. The van der Waals surface area contributed by atoms with Crippen molar-refractivity contribution in [3.63, 3.8) is 0 Å². The molecule has 0 saturated carbocycles. The van der Waals surface area contributed by atoms with E-state index in [9.17, 15) is 19.2 Å². The second-order valence-corrected chi connectivity index (χ2v) is 11.7. The highest BCUT2D eigenvalue weighted by atomic mass is 16.5. The first-order valence-corrected chi connectivity index (χ1v) is 14.9. The van der Waals surface area contributed by atoms with Crippen LogP contribution < -0.4 is 5.32 Å². The highest BCUT2D eigenvalue weighted by Crippen LogP contribution is 2.25. The van der Waals surface area contributed by atoms with Crippen molar-refractivity contribution in [2.45, 2.75) is 59.9 Å². The lowest BCUT2D eigenvalue weighted by Gasteiger charge is -2.34. The molecule has 0 atom stereocenters. The molecule has 2 aliphatic rings. The molecule has 0 bridgehead atoms. The Morgan fingerprint density at radius 1 is 1.05 bits per heavy atom. The van der Waals surface area contributed by atoms with E-state index in [1.165, 1.54) is 6.92 Å². The van der Waals surface area contributed by atoms with Gasteiger partial charge in [0.05, 0.1) is 29.1 Å². The maximum Gasteiger partial charge on any atom is 0.338 e. The number of ether oxygens (including phenoxy) is 2. The number of piperazine rings is 1. The van der Waals surface area contributed by atoms with Gasteiger partial charge < -0.3 is 24.6 Å². The summed E-state index contributed by atoms with van der Waals surface area (Å²) in [5, 5.41) is 7.80. The molecule has 1 aromatic heterocycles. The first-order valence-electron chi connectivity index (χ1n) is 14.9. The molecule has 4 rings (SSSR count). The first kappa shape index (κ1) is 31.2. The van der Waals surface area contributed by atoms with Crippen molar-refractivity contribution < 1.29 is 28.7 Å². The zero-order valence-electron chi connectivity index (χ0n) is 25.2. The fourth-order valence-electron chi connectivity index (χ4n) is 5.34. The zero-order chi connectivity index (χ0) is 30.3. The lowest BCUT2D eigenvalue weighted by Crippen LogP contribution is -2.50. The Kier molecular flexibility index (Phi) is 10.4. The quantitative estimate of drug-likeness (QED) is 0.499. The number of amides is 3. The summed E-state index contributed by atoms with van der Waals surface area (Å²) in [5.41, 5.74) is 2.52. The number of aryl methyl sites for hydroxylation is 1. The fourth-order valence-corrected chi connectivity index (χ4v) is 5.34. The van der Waals surface area contributed by atoms with Crippen molar-refractivity contribution in [2.24, 2.45) is 5.41 Å². The molecule has 2 aromatic rings. The number of nitrogens with one attached hydrogen (secondary N) is 1. The molecule has 1 N–H and O–H groups in total. The number of rotatable bonds is 7. The van der Waals surface area contributed by atoms with Gasteiger partial charge in [0, 0.05) is 70.4 Å². The van der Waals surface area contributed by atoms with Gasteiger partial charge in [-0.2, -0.15) is 5.10 Å². The van der Waals surface area contributed by atoms with Crippen LogP contribution in [0.4, 0.5) is 0 Å². The summed E-state index contributed by atoms with van der Waals surface area (Å²) in [6.07, 6.45) is 2.85. The topological polar surface area (TPSA) is 123 Å². The SMILES string of the molecule is CCc1nn(CC(C)(C)COC(=O)c2cccc(C(=O)N3CCN(C(C)=O)CC3)c2)c2c1C(=O)NCCCOCCC2.